The van der Waals surface area contributed by atoms with Gasteiger partial charge in [0.05, 0.1) is 31.1 Å². The molecule has 2 aromatic carbocycles. The number of esters is 1. The molecule has 7 rings (SSSR count). The lowest BCUT2D eigenvalue weighted by molar-refractivity contribution is -0.0587. The van der Waals surface area contributed by atoms with E-state index < -0.39 is 0 Å². The lowest BCUT2D eigenvalue weighted by atomic mass is 9.65. The van der Waals surface area contributed by atoms with E-state index in [1.54, 1.807) is 0 Å². The van der Waals surface area contributed by atoms with Gasteiger partial charge in [-0.3, -0.25) is 0 Å². The van der Waals surface area contributed by atoms with Crippen molar-refractivity contribution in [2.75, 3.05) is 38.8 Å². The number of aryl methyl sites for hydroxylation is 1. The molecule has 2 heterocycles. The van der Waals surface area contributed by atoms with Crippen LogP contribution in [0.15, 0.2) is 60.0 Å². The van der Waals surface area contributed by atoms with Crippen molar-refractivity contribution in [2.24, 2.45) is 17.8 Å². The Morgan fingerprint density at radius 2 is 1.98 bits per heavy atom. The topological polar surface area (TPSA) is 73.8 Å². The minimum Gasteiger partial charge on any atom is -0.490 e. The fourth-order valence-electron chi connectivity index (χ4n) is 8.69. The molecule has 2 fully saturated rings. The highest BCUT2D eigenvalue weighted by Crippen LogP contribution is 2.49. The Morgan fingerprint density at radius 1 is 1.11 bits per heavy atom. The van der Waals surface area contributed by atoms with Gasteiger partial charge in [-0.1, -0.05) is 35.9 Å². The maximum atomic E-state index is 12.6. The number of benzene rings is 2. The van der Waals surface area contributed by atoms with Gasteiger partial charge in [0, 0.05) is 48.3 Å². The summed E-state index contributed by atoms with van der Waals surface area (Å²) in [6, 6.07) is 14.0. The first kappa shape index (κ1) is 31.8. The van der Waals surface area contributed by atoms with Crippen molar-refractivity contribution < 1.29 is 19.0 Å². The summed E-state index contributed by atoms with van der Waals surface area (Å²) in [4.78, 5) is 24.1. The second-order valence-corrected chi connectivity index (χ2v) is 15.4. The van der Waals surface area contributed by atoms with Gasteiger partial charge in [-0.25, -0.2) is 14.8 Å². The molecule has 244 valence electrons. The molecule has 0 bridgehead atoms. The van der Waals surface area contributed by atoms with E-state index in [1.165, 1.54) is 50.3 Å². The summed E-state index contributed by atoms with van der Waals surface area (Å²) >= 11 is 8.29. The number of carbonyl (C=O) groups excluding carboxylic acids is 1. The highest BCUT2D eigenvalue weighted by molar-refractivity contribution is 7.99. The molecular formula is C37H44ClN3O4S. The van der Waals surface area contributed by atoms with Crippen molar-refractivity contribution >= 4 is 35.0 Å². The van der Waals surface area contributed by atoms with Crippen molar-refractivity contribution in [3.8, 4) is 5.75 Å². The third-order valence-electron chi connectivity index (χ3n) is 11.0. The molecule has 0 radical (unpaired) electrons. The normalized spacial score (nSPS) is 27.8. The van der Waals surface area contributed by atoms with E-state index in [9.17, 15) is 4.79 Å². The average molecular weight is 662 g/mol. The van der Waals surface area contributed by atoms with Crippen molar-refractivity contribution in [3.05, 3.63) is 76.6 Å². The molecule has 0 N–H and O–H groups in total. The van der Waals surface area contributed by atoms with Crippen LogP contribution in [-0.4, -0.2) is 61.2 Å². The third kappa shape index (κ3) is 6.37. The number of fused-ring (bicyclic) bond motifs is 3. The maximum absolute atomic E-state index is 12.6. The molecule has 9 heteroatoms. The van der Waals surface area contributed by atoms with Crippen molar-refractivity contribution in [2.45, 2.75) is 79.7 Å². The summed E-state index contributed by atoms with van der Waals surface area (Å²) in [5, 5.41) is 2.18. The predicted octanol–water partition coefficient (Wildman–Crippen LogP) is 7.78. The Bertz CT molecular complexity index is 1540. The molecule has 1 aliphatic heterocycles. The Kier molecular flexibility index (Phi) is 9.49. The standard InChI is InChI=1S/C37H44ClN3O4S/c1-43-34(25-6-3-8-29(19-25)46-36-39-16-5-17-40-36)30-12-9-27(30)21-41-22-37(15-4-7-24-18-28(38)11-13-31(24)37)23-45-33-14-10-26(20-32(33)41)35(42)44-2/h5,10-11,13-14,16-18,20,25,27,29-30,34H,3-4,6-9,12,15,19,21-23H2,1-2H3/t25-,27-,29+,30+,34+,37?/m0/s1. The number of anilines is 1. The van der Waals surface area contributed by atoms with E-state index in [1.807, 2.05) is 61.6 Å². The van der Waals surface area contributed by atoms with Crippen LogP contribution in [0.4, 0.5) is 5.69 Å². The second-order valence-electron chi connectivity index (χ2n) is 13.7. The first-order chi connectivity index (χ1) is 22.5. The van der Waals surface area contributed by atoms with Crippen LogP contribution in [0.1, 0.15) is 72.9 Å². The smallest absolute Gasteiger partial charge is 0.337 e. The third-order valence-corrected chi connectivity index (χ3v) is 12.4. The molecular weight excluding hydrogens is 618 g/mol. The van der Waals surface area contributed by atoms with E-state index in [-0.39, 0.29) is 17.5 Å². The van der Waals surface area contributed by atoms with Crippen molar-refractivity contribution in [3.63, 3.8) is 0 Å². The van der Waals surface area contributed by atoms with Gasteiger partial charge < -0.3 is 19.1 Å². The van der Waals surface area contributed by atoms with Gasteiger partial charge in [0.2, 0.25) is 0 Å². The van der Waals surface area contributed by atoms with Crippen LogP contribution >= 0.6 is 23.4 Å². The number of methoxy groups -OCH3 is 2. The van der Waals surface area contributed by atoms with Crippen LogP contribution in [0.3, 0.4) is 0 Å². The van der Waals surface area contributed by atoms with Gasteiger partial charge in [0.15, 0.2) is 5.16 Å². The number of rotatable bonds is 8. The Labute approximate surface area is 281 Å². The molecule has 4 aliphatic rings. The second kappa shape index (κ2) is 13.7. The van der Waals surface area contributed by atoms with Crippen molar-refractivity contribution in [1.29, 1.82) is 0 Å². The first-order valence-corrected chi connectivity index (χ1v) is 18.1. The molecule has 0 saturated heterocycles. The van der Waals surface area contributed by atoms with E-state index in [0.29, 0.717) is 35.2 Å². The summed E-state index contributed by atoms with van der Waals surface area (Å²) in [5.41, 5.74) is 4.06. The lowest BCUT2D eigenvalue weighted by Crippen LogP contribution is -2.51. The molecule has 1 aromatic heterocycles. The predicted molar refractivity (Wildman–Crippen MR) is 182 cm³/mol. The highest BCUT2D eigenvalue weighted by Gasteiger charge is 2.46. The molecule has 3 aliphatic carbocycles. The summed E-state index contributed by atoms with van der Waals surface area (Å²) < 4.78 is 18.1. The summed E-state index contributed by atoms with van der Waals surface area (Å²) in [5.74, 6) is 2.02. The number of halogens is 1. The highest BCUT2D eigenvalue weighted by atomic mass is 35.5. The zero-order valence-corrected chi connectivity index (χ0v) is 28.4. The lowest BCUT2D eigenvalue weighted by Gasteiger charge is -2.48. The van der Waals surface area contributed by atoms with Gasteiger partial charge in [0.25, 0.3) is 0 Å². The van der Waals surface area contributed by atoms with Crippen LogP contribution in [0.2, 0.25) is 5.02 Å². The van der Waals surface area contributed by atoms with Gasteiger partial charge >= 0.3 is 5.97 Å². The average Bonchev–Trinajstić information content (AvgIpc) is 3.22. The number of hydrogen-bond donors (Lipinski definition) is 0. The molecule has 6 atom stereocenters. The number of nitrogens with zero attached hydrogens (tertiary/aromatic N) is 3. The fourth-order valence-corrected chi connectivity index (χ4v) is 10.1. The van der Waals surface area contributed by atoms with Crippen LogP contribution in [-0.2, 0) is 21.3 Å². The first-order valence-electron chi connectivity index (χ1n) is 16.8. The molecule has 7 nitrogen and oxygen atoms in total. The van der Waals surface area contributed by atoms with Gasteiger partial charge in [-0.2, -0.15) is 0 Å². The number of ether oxygens (including phenoxy) is 3. The summed E-state index contributed by atoms with van der Waals surface area (Å²) in [7, 11) is 3.35. The molecule has 1 spiro atoms. The summed E-state index contributed by atoms with van der Waals surface area (Å²) in [6.45, 7) is 2.34. The Hall–Kier alpha value is -2.81. The number of hydrogen-bond acceptors (Lipinski definition) is 8. The largest absolute Gasteiger partial charge is 0.490 e. The number of carbonyl (C=O) groups is 1. The molecule has 0 amide bonds. The van der Waals surface area contributed by atoms with E-state index in [4.69, 9.17) is 25.8 Å². The Balaban J connectivity index is 1.15. The summed E-state index contributed by atoms with van der Waals surface area (Å²) in [6.07, 6.45) is 14.2. The molecule has 46 heavy (non-hydrogen) atoms. The number of thioether (sulfide) groups is 1. The van der Waals surface area contributed by atoms with E-state index in [2.05, 4.69) is 27.0 Å². The molecule has 2 saturated carbocycles. The molecule has 1 unspecified atom stereocenters. The van der Waals surface area contributed by atoms with Crippen molar-refractivity contribution in [1.82, 2.24) is 9.97 Å². The molecule has 3 aromatic rings. The zero-order chi connectivity index (χ0) is 31.7. The monoisotopic (exact) mass is 661 g/mol. The van der Waals surface area contributed by atoms with Crippen LogP contribution in [0.25, 0.3) is 0 Å². The van der Waals surface area contributed by atoms with Crippen LogP contribution in [0.5, 0.6) is 5.75 Å². The van der Waals surface area contributed by atoms with Crippen LogP contribution in [0, 0.1) is 17.8 Å². The van der Waals surface area contributed by atoms with E-state index in [0.717, 1.165) is 60.4 Å². The Morgan fingerprint density at radius 3 is 2.76 bits per heavy atom. The zero-order valence-electron chi connectivity index (χ0n) is 26.8. The SMILES string of the molecule is COC(=O)c1ccc2c(c1)N(C[C@@H]1CC[C@H]1[C@H](OC)[C@H]1CCC[C@@H](Sc3ncccn3)C1)CC1(CCCc3cc(Cl)ccc31)CO2. The minimum atomic E-state index is -0.328. The quantitative estimate of drug-likeness (QED) is 0.179. The number of aromatic nitrogens is 2. The van der Waals surface area contributed by atoms with E-state index >= 15 is 0 Å². The fraction of sp³-hybridized carbons (Fsp3) is 0.541. The maximum Gasteiger partial charge on any atom is 0.337 e. The van der Waals surface area contributed by atoms with Gasteiger partial charge in [-0.15, -0.1) is 0 Å². The van der Waals surface area contributed by atoms with Gasteiger partial charge in [0.1, 0.15) is 5.75 Å². The van der Waals surface area contributed by atoms with Gasteiger partial charge in [-0.05, 0) is 117 Å². The minimum absolute atomic E-state index is 0.157. The van der Waals surface area contributed by atoms with Crippen LogP contribution < -0.4 is 9.64 Å².